The monoisotopic (exact) mass is 349 g/mol. The van der Waals surface area contributed by atoms with Crippen LogP contribution in [0.5, 0.6) is 0 Å². The van der Waals surface area contributed by atoms with Gasteiger partial charge < -0.3 is 14.8 Å². The predicted octanol–water partition coefficient (Wildman–Crippen LogP) is 1.43. The molecule has 0 aromatic heterocycles. The average molecular weight is 349 g/mol. The molecule has 0 bridgehead atoms. The van der Waals surface area contributed by atoms with Crippen molar-refractivity contribution in [2.24, 2.45) is 0 Å². The van der Waals surface area contributed by atoms with Gasteiger partial charge in [-0.25, -0.2) is 4.79 Å². The van der Waals surface area contributed by atoms with Gasteiger partial charge in [0.2, 0.25) is 0 Å². The molecular formula is C8H4F9NO4. The summed E-state index contributed by atoms with van der Waals surface area (Å²) in [7, 11) is 0. The molecule has 22 heavy (non-hydrogen) atoms. The van der Waals surface area contributed by atoms with Gasteiger partial charge in [0, 0.05) is 0 Å². The summed E-state index contributed by atoms with van der Waals surface area (Å²) in [6.45, 7) is -1.59. The first kappa shape index (κ1) is 18.3. The molecule has 1 aliphatic heterocycles. The number of rotatable bonds is 2. The first-order valence-corrected chi connectivity index (χ1v) is 5.01. The van der Waals surface area contributed by atoms with Gasteiger partial charge in [-0.1, -0.05) is 0 Å². The molecule has 1 aliphatic rings. The molecule has 5 nitrogen and oxygen atoms in total. The predicted molar refractivity (Wildman–Crippen MR) is 44.9 cm³/mol. The summed E-state index contributed by atoms with van der Waals surface area (Å²) >= 11 is 0. The van der Waals surface area contributed by atoms with Crippen LogP contribution in [0.2, 0.25) is 0 Å². The Morgan fingerprint density at radius 3 is 1.82 bits per heavy atom. The molecule has 1 saturated heterocycles. The third-order valence-corrected chi connectivity index (χ3v) is 2.27. The molecule has 0 unspecified atom stereocenters. The van der Waals surface area contributed by atoms with Gasteiger partial charge in [0.1, 0.15) is 0 Å². The number of ether oxygens (including phenoxy) is 2. The largest absolute Gasteiger partial charge is 0.471 e. The van der Waals surface area contributed by atoms with E-state index in [4.69, 9.17) is 0 Å². The first-order chi connectivity index (χ1) is 9.62. The Morgan fingerprint density at radius 1 is 1.05 bits per heavy atom. The fourth-order valence-corrected chi connectivity index (χ4v) is 1.30. The van der Waals surface area contributed by atoms with Crippen molar-refractivity contribution in [3.63, 3.8) is 0 Å². The topological polar surface area (TPSA) is 64.6 Å². The van der Waals surface area contributed by atoms with Gasteiger partial charge in [-0.3, -0.25) is 4.79 Å². The van der Waals surface area contributed by atoms with Crippen molar-refractivity contribution in [2.45, 2.75) is 30.4 Å². The van der Waals surface area contributed by atoms with Crippen molar-refractivity contribution in [1.82, 2.24) is 5.32 Å². The lowest BCUT2D eigenvalue weighted by Crippen LogP contribution is -2.58. The molecule has 1 N–H and O–H groups in total. The Bertz CT molecular complexity index is 452. The maximum absolute atomic E-state index is 12.5. The van der Waals surface area contributed by atoms with Crippen LogP contribution >= 0.6 is 0 Å². The number of hydrogen-bond donors (Lipinski definition) is 1. The maximum Gasteiger partial charge on any atom is 0.471 e. The maximum atomic E-state index is 12.5. The highest BCUT2D eigenvalue weighted by Gasteiger charge is 2.80. The number of carbonyl (C=O) groups excluding carboxylic acids is 2. The van der Waals surface area contributed by atoms with E-state index in [1.807, 2.05) is 0 Å². The second-order valence-corrected chi connectivity index (χ2v) is 3.85. The van der Waals surface area contributed by atoms with Gasteiger partial charge in [0.15, 0.2) is 6.10 Å². The van der Waals surface area contributed by atoms with E-state index in [0.717, 1.165) is 5.32 Å². The summed E-state index contributed by atoms with van der Waals surface area (Å²) in [6.07, 6.45) is -20.6. The van der Waals surface area contributed by atoms with Crippen LogP contribution < -0.4 is 5.32 Å². The van der Waals surface area contributed by atoms with Crippen LogP contribution in [0.3, 0.4) is 0 Å². The number of alkyl halides is 9. The molecule has 1 fully saturated rings. The molecule has 1 rings (SSSR count). The van der Waals surface area contributed by atoms with E-state index in [2.05, 4.69) is 9.47 Å². The van der Waals surface area contributed by atoms with Gasteiger partial charge in [-0.15, -0.1) is 0 Å². The summed E-state index contributed by atoms with van der Waals surface area (Å²) in [5.41, 5.74) is 0. The molecule has 0 spiro atoms. The van der Waals surface area contributed by atoms with E-state index >= 15 is 0 Å². The Kier molecular flexibility index (Phi) is 4.31. The van der Waals surface area contributed by atoms with Gasteiger partial charge in [0.05, 0.1) is 6.54 Å². The van der Waals surface area contributed by atoms with Crippen molar-refractivity contribution in [2.75, 3.05) is 6.54 Å². The van der Waals surface area contributed by atoms with Crippen LogP contribution in [0.4, 0.5) is 39.5 Å². The van der Waals surface area contributed by atoms with Crippen LogP contribution in [-0.4, -0.2) is 48.8 Å². The lowest BCUT2D eigenvalue weighted by atomic mass is 10.2. The van der Waals surface area contributed by atoms with Gasteiger partial charge in [0.25, 0.3) is 0 Å². The fourth-order valence-electron chi connectivity index (χ4n) is 1.30. The van der Waals surface area contributed by atoms with Crippen LogP contribution in [0.15, 0.2) is 0 Å². The minimum Gasteiger partial charge on any atom is -0.414 e. The van der Waals surface area contributed by atoms with Crippen molar-refractivity contribution in [3.05, 3.63) is 0 Å². The van der Waals surface area contributed by atoms with Crippen LogP contribution in [0, 0.1) is 0 Å². The van der Waals surface area contributed by atoms with Crippen LogP contribution in [0.1, 0.15) is 0 Å². The zero-order valence-electron chi connectivity index (χ0n) is 9.82. The van der Waals surface area contributed by atoms with E-state index < -0.39 is 48.8 Å². The second kappa shape index (κ2) is 5.17. The van der Waals surface area contributed by atoms with Crippen molar-refractivity contribution < 1.29 is 58.6 Å². The number of hydrogen-bond acceptors (Lipinski definition) is 4. The number of halogens is 9. The standard InChI is InChI=1S/C8H4F9NO4/c9-5(10,11)4(20)18-1-2-3(19)22-6(21-2,7(12,13)14)8(15,16)17/h2H,1H2,(H,18,20)/t2-/m0/s1. The minimum atomic E-state index is -6.23. The molecule has 1 amide bonds. The molecule has 0 aliphatic carbocycles. The molecule has 0 aromatic rings. The molecule has 14 heteroatoms. The highest BCUT2D eigenvalue weighted by Crippen LogP contribution is 2.50. The summed E-state index contributed by atoms with van der Waals surface area (Å²) in [6, 6.07) is 0. The smallest absolute Gasteiger partial charge is 0.414 e. The van der Waals surface area contributed by atoms with E-state index in [-0.39, 0.29) is 0 Å². The highest BCUT2D eigenvalue weighted by molar-refractivity contribution is 5.83. The van der Waals surface area contributed by atoms with Crippen molar-refractivity contribution >= 4 is 11.9 Å². The Hall–Kier alpha value is -1.73. The van der Waals surface area contributed by atoms with E-state index in [1.165, 1.54) is 0 Å². The van der Waals surface area contributed by atoms with Gasteiger partial charge >= 0.3 is 36.2 Å². The number of cyclic esters (lactones) is 1. The molecule has 128 valence electrons. The van der Waals surface area contributed by atoms with E-state index in [0.29, 0.717) is 0 Å². The third kappa shape index (κ3) is 3.20. The average Bonchev–Trinajstić information content (AvgIpc) is 2.62. The molecule has 1 atom stereocenters. The number of esters is 1. The zero-order chi connectivity index (χ0) is 17.6. The van der Waals surface area contributed by atoms with Crippen molar-refractivity contribution in [1.29, 1.82) is 0 Å². The second-order valence-electron chi connectivity index (χ2n) is 3.85. The van der Waals surface area contributed by atoms with Crippen molar-refractivity contribution in [3.8, 4) is 0 Å². The van der Waals surface area contributed by atoms with Crippen LogP contribution in [-0.2, 0) is 19.1 Å². The fraction of sp³-hybridized carbons (Fsp3) is 0.750. The molecule has 0 radical (unpaired) electrons. The number of amides is 1. The van der Waals surface area contributed by atoms with Gasteiger partial charge in [-0.2, -0.15) is 39.5 Å². The van der Waals surface area contributed by atoms with E-state index in [1.54, 1.807) is 0 Å². The summed E-state index contributed by atoms with van der Waals surface area (Å²) < 4.78 is 117. The third-order valence-electron chi connectivity index (χ3n) is 2.27. The van der Waals surface area contributed by atoms with Crippen LogP contribution in [0.25, 0.3) is 0 Å². The normalized spacial score (nSPS) is 22.4. The number of carbonyl (C=O) groups is 2. The summed E-state index contributed by atoms with van der Waals surface area (Å²) in [5, 5.41) is 0.911. The van der Waals surface area contributed by atoms with Gasteiger partial charge in [-0.05, 0) is 0 Å². The zero-order valence-corrected chi connectivity index (χ0v) is 9.82. The quantitative estimate of drug-likeness (QED) is 0.605. The highest BCUT2D eigenvalue weighted by atomic mass is 19.4. The number of nitrogens with one attached hydrogen (secondary N) is 1. The minimum absolute atomic E-state index is 0.911. The molecule has 0 aromatic carbocycles. The Labute approximate surface area is 114 Å². The summed E-state index contributed by atoms with van der Waals surface area (Å²) in [5.74, 6) is -10.2. The lowest BCUT2D eigenvalue weighted by molar-refractivity contribution is -0.439. The Morgan fingerprint density at radius 2 is 1.50 bits per heavy atom. The summed E-state index contributed by atoms with van der Waals surface area (Å²) in [4.78, 5) is 21.4. The molecular weight excluding hydrogens is 345 g/mol. The SMILES string of the molecule is O=C1OC(C(F)(F)F)(C(F)(F)F)O[C@H]1CNC(=O)C(F)(F)F. The van der Waals surface area contributed by atoms with E-state index in [9.17, 15) is 49.1 Å². The lowest BCUT2D eigenvalue weighted by Gasteiger charge is -2.30. The first-order valence-electron chi connectivity index (χ1n) is 5.01. The Balaban J connectivity index is 2.92. The molecule has 0 saturated carbocycles. The molecule has 1 heterocycles.